The van der Waals surface area contributed by atoms with Gasteiger partial charge in [-0.2, -0.15) is 18.3 Å². The number of halogens is 3. The van der Waals surface area contributed by atoms with Gasteiger partial charge in [-0.15, -0.1) is 0 Å². The van der Waals surface area contributed by atoms with Crippen LogP contribution < -0.4 is 10.5 Å². The van der Waals surface area contributed by atoms with Crippen molar-refractivity contribution in [2.24, 2.45) is 0 Å². The van der Waals surface area contributed by atoms with Crippen molar-refractivity contribution in [2.45, 2.75) is 6.18 Å². The Hall–Kier alpha value is -3.07. The maximum Gasteiger partial charge on any atom is 0.416 e. The van der Waals surface area contributed by atoms with Gasteiger partial charge in [-0.25, -0.2) is 5.10 Å². The maximum atomic E-state index is 12.9. The van der Waals surface area contributed by atoms with Crippen LogP contribution in [0.15, 0.2) is 65.5 Å². The van der Waals surface area contributed by atoms with Crippen LogP contribution in [0.4, 0.5) is 29.3 Å². The predicted octanol–water partition coefficient (Wildman–Crippen LogP) is 4.64. The molecule has 0 atom stereocenters. The van der Waals surface area contributed by atoms with E-state index in [1.807, 2.05) is 0 Å². The summed E-state index contributed by atoms with van der Waals surface area (Å²) in [5.41, 5.74) is 0.331. The number of hydrogen-bond acceptors (Lipinski definition) is 3. The fraction of sp³-hybridized carbons (Fsp3) is 0.0556. The maximum absolute atomic E-state index is 12.9. The number of aromatic nitrogens is 2. The SMILES string of the molecule is O=C(S)N(c1ccc(-c2ccc(=O)[nH]n2)cc1)c1cccc(C(F)(F)F)c1. The van der Waals surface area contributed by atoms with Gasteiger partial charge in [-0.05, 0) is 36.4 Å². The van der Waals surface area contributed by atoms with E-state index >= 15 is 0 Å². The van der Waals surface area contributed by atoms with Crippen LogP contribution in [-0.2, 0) is 6.18 Å². The number of thiol groups is 1. The zero-order valence-electron chi connectivity index (χ0n) is 13.6. The average Bonchev–Trinajstić information content (AvgIpc) is 2.62. The smallest absolute Gasteiger partial charge is 0.272 e. The lowest BCUT2D eigenvalue weighted by atomic mass is 10.1. The fourth-order valence-corrected chi connectivity index (χ4v) is 2.71. The Morgan fingerprint density at radius 2 is 1.70 bits per heavy atom. The van der Waals surface area contributed by atoms with Gasteiger partial charge in [0.2, 0.25) is 0 Å². The van der Waals surface area contributed by atoms with E-state index in [0.29, 0.717) is 16.9 Å². The number of nitrogens with zero attached hydrogens (tertiary/aromatic N) is 2. The van der Waals surface area contributed by atoms with Crippen LogP contribution in [0.2, 0.25) is 0 Å². The minimum atomic E-state index is -4.53. The Morgan fingerprint density at radius 3 is 2.26 bits per heavy atom. The number of amides is 1. The lowest BCUT2D eigenvalue weighted by Crippen LogP contribution is -2.20. The molecule has 138 valence electrons. The Balaban J connectivity index is 1.98. The molecular weight excluding hydrogens is 379 g/mol. The molecule has 1 heterocycles. The van der Waals surface area contributed by atoms with E-state index < -0.39 is 17.0 Å². The topological polar surface area (TPSA) is 66.1 Å². The molecule has 0 unspecified atom stereocenters. The second kappa shape index (κ2) is 7.28. The van der Waals surface area contributed by atoms with Gasteiger partial charge in [0.25, 0.3) is 10.8 Å². The number of H-pyrrole nitrogens is 1. The summed E-state index contributed by atoms with van der Waals surface area (Å²) in [6.07, 6.45) is -4.53. The molecule has 0 aliphatic heterocycles. The number of carbonyl (C=O) groups is 1. The number of nitrogens with one attached hydrogen (secondary N) is 1. The molecule has 1 amide bonds. The first-order chi connectivity index (χ1) is 12.8. The molecule has 0 aliphatic carbocycles. The molecule has 9 heteroatoms. The molecule has 0 saturated carbocycles. The molecule has 0 aliphatic rings. The highest BCUT2D eigenvalue weighted by Crippen LogP contribution is 2.34. The molecule has 1 N–H and O–H groups in total. The highest BCUT2D eigenvalue weighted by atomic mass is 32.1. The van der Waals surface area contributed by atoms with E-state index in [-0.39, 0.29) is 11.2 Å². The van der Waals surface area contributed by atoms with Crippen LogP contribution in [0.3, 0.4) is 0 Å². The molecular formula is C18H12F3N3O2S. The second-order valence-electron chi connectivity index (χ2n) is 5.52. The Labute approximate surface area is 156 Å². The molecule has 27 heavy (non-hydrogen) atoms. The fourth-order valence-electron chi connectivity index (χ4n) is 2.48. The summed E-state index contributed by atoms with van der Waals surface area (Å²) in [6, 6.07) is 13.6. The third-order valence-electron chi connectivity index (χ3n) is 3.72. The molecule has 0 saturated heterocycles. The van der Waals surface area contributed by atoms with Crippen LogP contribution >= 0.6 is 12.6 Å². The summed E-state index contributed by atoms with van der Waals surface area (Å²) >= 11 is 3.78. The summed E-state index contributed by atoms with van der Waals surface area (Å²) in [7, 11) is 0. The molecule has 0 fully saturated rings. The van der Waals surface area contributed by atoms with Crippen molar-refractivity contribution in [3.05, 3.63) is 76.6 Å². The minimum absolute atomic E-state index is 0.0414. The third kappa shape index (κ3) is 4.20. The van der Waals surface area contributed by atoms with E-state index in [1.165, 1.54) is 24.3 Å². The molecule has 3 rings (SSSR count). The summed E-state index contributed by atoms with van der Waals surface area (Å²) < 4.78 is 38.8. The molecule has 2 aromatic carbocycles. The van der Waals surface area contributed by atoms with E-state index in [1.54, 1.807) is 24.3 Å². The van der Waals surface area contributed by atoms with Gasteiger partial charge in [0.1, 0.15) is 0 Å². The zero-order valence-corrected chi connectivity index (χ0v) is 14.5. The largest absolute Gasteiger partial charge is 0.416 e. The lowest BCUT2D eigenvalue weighted by molar-refractivity contribution is -0.137. The van der Waals surface area contributed by atoms with Crippen LogP contribution in [0.5, 0.6) is 0 Å². The molecule has 1 aromatic heterocycles. The Bertz CT molecular complexity index is 1010. The number of aromatic amines is 1. The summed E-state index contributed by atoms with van der Waals surface area (Å²) in [5, 5.41) is 5.48. The normalized spacial score (nSPS) is 11.3. The van der Waals surface area contributed by atoms with Crippen molar-refractivity contribution in [3.63, 3.8) is 0 Å². The van der Waals surface area contributed by atoms with Crippen molar-refractivity contribution in [1.29, 1.82) is 0 Å². The quantitative estimate of drug-likeness (QED) is 0.639. The van der Waals surface area contributed by atoms with Gasteiger partial charge in [0.05, 0.1) is 16.9 Å². The van der Waals surface area contributed by atoms with Gasteiger partial charge in [0.15, 0.2) is 0 Å². The first kappa shape index (κ1) is 18.7. The van der Waals surface area contributed by atoms with E-state index in [4.69, 9.17) is 0 Å². The molecule has 3 aromatic rings. The van der Waals surface area contributed by atoms with Crippen LogP contribution in [-0.4, -0.2) is 15.4 Å². The van der Waals surface area contributed by atoms with Crippen LogP contribution in [0.25, 0.3) is 11.3 Å². The summed E-state index contributed by atoms with van der Waals surface area (Å²) in [4.78, 5) is 24.1. The van der Waals surface area contributed by atoms with E-state index in [0.717, 1.165) is 17.0 Å². The standard InChI is InChI=1S/C18H12F3N3O2S/c19-18(20,21)12-2-1-3-14(10-12)24(17(26)27)13-6-4-11(5-7-13)15-8-9-16(25)23-22-15/h1-10H,(H,23,25)(H,26,27). The number of anilines is 2. The van der Waals surface area contributed by atoms with E-state index in [9.17, 15) is 22.8 Å². The van der Waals surface area contributed by atoms with Crippen molar-refractivity contribution in [1.82, 2.24) is 10.2 Å². The third-order valence-corrected chi connectivity index (χ3v) is 3.92. The first-order valence-electron chi connectivity index (χ1n) is 7.62. The highest BCUT2D eigenvalue weighted by Gasteiger charge is 2.31. The Kier molecular flexibility index (Phi) is 5.04. The molecule has 0 radical (unpaired) electrons. The zero-order chi connectivity index (χ0) is 19.6. The summed E-state index contributed by atoms with van der Waals surface area (Å²) in [5.74, 6) is 0. The molecule has 0 bridgehead atoms. The lowest BCUT2D eigenvalue weighted by Gasteiger charge is -2.22. The van der Waals surface area contributed by atoms with Crippen LogP contribution in [0.1, 0.15) is 5.56 Å². The average molecular weight is 391 g/mol. The first-order valence-corrected chi connectivity index (χ1v) is 8.07. The molecule has 0 spiro atoms. The monoisotopic (exact) mass is 391 g/mol. The van der Waals surface area contributed by atoms with Crippen LogP contribution in [0, 0.1) is 0 Å². The van der Waals surface area contributed by atoms with Crippen molar-refractivity contribution in [2.75, 3.05) is 4.90 Å². The van der Waals surface area contributed by atoms with Gasteiger partial charge >= 0.3 is 6.18 Å². The van der Waals surface area contributed by atoms with Gasteiger partial charge in [-0.3, -0.25) is 14.5 Å². The number of rotatable bonds is 3. The predicted molar refractivity (Wildman–Crippen MR) is 98.3 cm³/mol. The Morgan fingerprint density at radius 1 is 1.00 bits per heavy atom. The second-order valence-corrected chi connectivity index (χ2v) is 5.90. The molecule has 5 nitrogen and oxygen atoms in total. The summed E-state index contributed by atoms with van der Waals surface area (Å²) in [6.45, 7) is 0. The number of carbonyl (C=O) groups excluding carboxylic acids is 1. The van der Waals surface area contributed by atoms with Gasteiger partial charge in [-0.1, -0.05) is 30.8 Å². The van der Waals surface area contributed by atoms with Gasteiger partial charge in [0, 0.05) is 17.3 Å². The highest BCUT2D eigenvalue weighted by molar-refractivity contribution is 7.97. The van der Waals surface area contributed by atoms with Crippen molar-refractivity contribution < 1.29 is 18.0 Å². The van der Waals surface area contributed by atoms with E-state index in [2.05, 4.69) is 22.8 Å². The minimum Gasteiger partial charge on any atom is -0.272 e. The number of benzene rings is 2. The van der Waals surface area contributed by atoms with Crippen molar-refractivity contribution >= 4 is 29.2 Å². The number of alkyl halides is 3. The van der Waals surface area contributed by atoms with Crippen molar-refractivity contribution in [3.8, 4) is 11.3 Å². The van der Waals surface area contributed by atoms with Gasteiger partial charge < -0.3 is 0 Å². The number of hydrogen-bond donors (Lipinski definition) is 2.